The minimum Gasteiger partial charge on any atom is -0.277 e. The molecule has 0 bridgehead atoms. The summed E-state index contributed by atoms with van der Waals surface area (Å²) in [5, 5.41) is 2.25. The molecule has 0 fully saturated rings. The highest BCUT2D eigenvalue weighted by atomic mass is 16.2. The quantitative estimate of drug-likeness (QED) is 0.518. The molecule has 0 aliphatic rings. The fourth-order valence-corrected chi connectivity index (χ4v) is 2.90. The number of anilines is 2. The van der Waals surface area contributed by atoms with Crippen molar-refractivity contribution in [1.82, 2.24) is 4.98 Å². The zero-order valence-electron chi connectivity index (χ0n) is 13.5. The highest BCUT2D eigenvalue weighted by molar-refractivity contribution is 6.11. The predicted molar refractivity (Wildman–Crippen MR) is 101 cm³/mol. The van der Waals surface area contributed by atoms with E-state index in [1.807, 2.05) is 60.7 Å². The first-order chi connectivity index (χ1) is 12.3. The second kappa shape index (κ2) is 6.57. The Hall–Kier alpha value is -3.46. The maximum Gasteiger partial charge on any atom is 0.262 e. The van der Waals surface area contributed by atoms with Gasteiger partial charge in [-0.05, 0) is 47.2 Å². The summed E-state index contributed by atoms with van der Waals surface area (Å²) in [7, 11) is 0. The van der Waals surface area contributed by atoms with E-state index in [9.17, 15) is 4.79 Å². The van der Waals surface area contributed by atoms with Crippen LogP contribution in [-0.4, -0.2) is 10.9 Å². The number of hydrogen-bond donors (Lipinski definition) is 0. The van der Waals surface area contributed by atoms with Crippen molar-refractivity contribution in [2.45, 2.75) is 0 Å². The summed E-state index contributed by atoms with van der Waals surface area (Å²) in [4.78, 5) is 18.9. The Morgan fingerprint density at radius 2 is 1.36 bits per heavy atom. The van der Waals surface area contributed by atoms with Crippen molar-refractivity contribution >= 4 is 28.1 Å². The molecule has 0 saturated carbocycles. The van der Waals surface area contributed by atoms with Crippen molar-refractivity contribution < 1.29 is 4.79 Å². The Morgan fingerprint density at radius 1 is 0.680 bits per heavy atom. The first kappa shape index (κ1) is 15.1. The maximum absolute atomic E-state index is 13.2. The standard InChI is InChI=1S/C22H16N2O/c25-22(18-12-14-23-15-13-18)24(20-8-2-1-3-9-20)21-11-10-17-6-4-5-7-19(17)16-21/h1-16H. The smallest absolute Gasteiger partial charge is 0.262 e. The number of nitrogens with zero attached hydrogens (tertiary/aromatic N) is 2. The zero-order valence-corrected chi connectivity index (χ0v) is 13.5. The highest BCUT2D eigenvalue weighted by Crippen LogP contribution is 2.30. The molecule has 25 heavy (non-hydrogen) atoms. The van der Waals surface area contributed by atoms with Crippen LogP contribution in [0.5, 0.6) is 0 Å². The lowest BCUT2D eigenvalue weighted by Gasteiger charge is -2.23. The van der Waals surface area contributed by atoms with Crippen LogP contribution < -0.4 is 4.90 Å². The average Bonchev–Trinajstić information content (AvgIpc) is 2.69. The first-order valence-corrected chi connectivity index (χ1v) is 8.11. The lowest BCUT2D eigenvalue weighted by Crippen LogP contribution is -2.25. The van der Waals surface area contributed by atoms with Gasteiger partial charge < -0.3 is 0 Å². The summed E-state index contributed by atoms with van der Waals surface area (Å²) in [5.74, 6) is -0.0797. The number of carbonyl (C=O) groups excluding carboxylic acids is 1. The van der Waals surface area contributed by atoms with Gasteiger partial charge in [0.05, 0.1) is 0 Å². The summed E-state index contributed by atoms with van der Waals surface area (Å²) in [6, 6.07) is 27.4. The second-order valence-corrected chi connectivity index (χ2v) is 5.74. The van der Waals surface area contributed by atoms with Gasteiger partial charge in [-0.15, -0.1) is 0 Å². The molecule has 1 amide bonds. The molecule has 0 spiro atoms. The third kappa shape index (κ3) is 3.00. The number of fused-ring (bicyclic) bond motifs is 1. The van der Waals surface area contributed by atoms with Crippen molar-refractivity contribution in [3.63, 3.8) is 0 Å². The summed E-state index contributed by atoms with van der Waals surface area (Å²) < 4.78 is 0. The number of benzene rings is 3. The van der Waals surface area contributed by atoms with Gasteiger partial charge in [0, 0.05) is 29.3 Å². The van der Waals surface area contributed by atoms with E-state index < -0.39 is 0 Å². The van der Waals surface area contributed by atoms with Gasteiger partial charge >= 0.3 is 0 Å². The topological polar surface area (TPSA) is 33.2 Å². The number of amides is 1. The Morgan fingerprint density at radius 3 is 2.12 bits per heavy atom. The molecule has 1 heterocycles. The van der Waals surface area contributed by atoms with Crippen LogP contribution in [0.3, 0.4) is 0 Å². The van der Waals surface area contributed by atoms with Gasteiger partial charge in [0.1, 0.15) is 0 Å². The summed E-state index contributed by atoms with van der Waals surface area (Å²) in [6.45, 7) is 0. The Kier molecular flexibility index (Phi) is 3.97. The van der Waals surface area contributed by atoms with Crippen LogP contribution >= 0.6 is 0 Å². The lowest BCUT2D eigenvalue weighted by molar-refractivity contribution is 0.0999. The molecule has 3 nitrogen and oxygen atoms in total. The van der Waals surface area contributed by atoms with Crippen LogP contribution in [0.4, 0.5) is 11.4 Å². The SMILES string of the molecule is O=C(c1ccncc1)N(c1ccccc1)c1ccc2ccccc2c1. The molecule has 3 heteroatoms. The van der Waals surface area contributed by atoms with Gasteiger partial charge in [-0.2, -0.15) is 0 Å². The maximum atomic E-state index is 13.2. The molecule has 1 aromatic heterocycles. The molecule has 3 aromatic carbocycles. The molecule has 4 aromatic rings. The second-order valence-electron chi connectivity index (χ2n) is 5.74. The van der Waals surface area contributed by atoms with E-state index in [1.54, 1.807) is 29.4 Å². The van der Waals surface area contributed by atoms with Crippen LogP contribution in [0.15, 0.2) is 97.3 Å². The van der Waals surface area contributed by atoms with Crippen LogP contribution in [0.2, 0.25) is 0 Å². The van der Waals surface area contributed by atoms with Crippen LogP contribution in [0.1, 0.15) is 10.4 Å². The minimum absolute atomic E-state index is 0.0797. The minimum atomic E-state index is -0.0797. The van der Waals surface area contributed by atoms with Gasteiger partial charge in [0.25, 0.3) is 5.91 Å². The number of hydrogen-bond acceptors (Lipinski definition) is 2. The Balaban J connectivity index is 1.86. The first-order valence-electron chi connectivity index (χ1n) is 8.11. The van der Waals surface area contributed by atoms with Crippen LogP contribution in [0.25, 0.3) is 10.8 Å². The molecular weight excluding hydrogens is 308 g/mol. The summed E-state index contributed by atoms with van der Waals surface area (Å²) in [5.41, 5.74) is 2.28. The Bertz CT molecular complexity index is 1010. The summed E-state index contributed by atoms with van der Waals surface area (Å²) >= 11 is 0. The van der Waals surface area contributed by atoms with Crippen molar-refractivity contribution in [3.8, 4) is 0 Å². The van der Waals surface area contributed by atoms with Gasteiger partial charge in [-0.3, -0.25) is 14.7 Å². The van der Waals surface area contributed by atoms with E-state index in [-0.39, 0.29) is 5.91 Å². The lowest BCUT2D eigenvalue weighted by atomic mass is 10.1. The predicted octanol–water partition coefficient (Wildman–Crippen LogP) is 5.21. The summed E-state index contributed by atoms with van der Waals surface area (Å²) in [6.07, 6.45) is 3.27. The molecule has 4 rings (SSSR count). The fraction of sp³-hybridized carbons (Fsp3) is 0. The van der Waals surface area contributed by atoms with Crippen molar-refractivity contribution in [3.05, 3.63) is 103 Å². The monoisotopic (exact) mass is 324 g/mol. The highest BCUT2D eigenvalue weighted by Gasteiger charge is 2.19. The van der Waals surface area contributed by atoms with E-state index >= 15 is 0 Å². The van der Waals surface area contributed by atoms with Gasteiger partial charge in [-0.1, -0.05) is 48.5 Å². The third-order valence-electron chi connectivity index (χ3n) is 4.14. The molecule has 0 aliphatic heterocycles. The van der Waals surface area contributed by atoms with Crippen molar-refractivity contribution in [1.29, 1.82) is 0 Å². The van der Waals surface area contributed by atoms with E-state index in [1.165, 1.54) is 0 Å². The van der Waals surface area contributed by atoms with E-state index in [4.69, 9.17) is 0 Å². The van der Waals surface area contributed by atoms with Crippen molar-refractivity contribution in [2.75, 3.05) is 4.90 Å². The van der Waals surface area contributed by atoms with E-state index in [2.05, 4.69) is 17.1 Å². The number of rotatable bonds is 3. The molecular formula is C22H16N2O. The van der Waals surface area contributed by atoms with Crippen LogP contribution in [-0.2, 0) is 0 Å². The normalized spacial score (nSPS) is 10.6. The number of para-hydroxylation sites is 1. The fourth-order valence-electron chi connectivity index (χ4n) is 2.90. The van der Waals surface area contributed by atoms with E-state index in [0.717, 1.165) is 22.1 Å². The molecule has 0 N–H and O–H groups in total. The van der Waals surface area contributed by atoms with Gasteiger partial charge in [0.15, 0.2) is 0 Å². The molecule has 0 aliphatic carbocycles. The number of carbonyl (C=O) groups is 1. The molecule has 0 unspecified atom stereocenters. The van der Waals surface area contributed by atoms with Gasteiger partial charge in [-0.25, -0.2) is 0 Å². The molecule has 0 radical (unpaired) electrons. The zero-order chi connectivity index (χ0) is 17.1. The largest absolute Gasteiger partial charge is 0.277 e. The number of aromatic nitrogens is 1. The van der Waals surface area contributed by atoms with Gasteiger partial charge in [0.2, 0.25) is 0 Å². The third-order valence-corrected chi connectivity index (χ3v) is 4.14. The molecule has 120 valence electrons. The molecule has 0 saturated heterocycles. The Labute approximate surface area is 146 Å². The van der Waals surface area contributed by atoms with E-state index in [0.29, 0.717) is 5.56 Å². The average molecular weight is 324 g/mol. The number of pyridine rings is 1. The van der Waals surface area contributed by atoms with Crippen LogP contribution in [0, 0.1) is 0 Å². The van der Waals surface area contributed by atoms with Crippen molar-refractivity contribution in [2.24, 2.45) is 0 Å². The molecule has 0 atom stereocenters.